The maximum atomic E-state index is 12.8. The van der Waals surface area contributed by atoms with Gasteiger partial charge in [-0.3, -0.25) is 9.78 Å². The van der Waals surface area contributed by atoms with Crippen molar-refractivity contribution in [2.75, 3.05) is 19.6 Å². The van der Waals surface area contributed by atoms with Crippen LogP contribution in [0, 0.1) is 11.8 Å². The van der Waals surface area contributed by atoms with Gasteiger partial charge in [-0.25, -0.2) is 0 Å². The first-order valence-corrected chi connectivity index (χ1v) is 8.66. The number of amides is 1. The van der Waals surface area contributed by atoms with Crippen molar-refractivity contribution in [2.24, 2.45) is 11.8 Å². The summed E-state index contributed by atoms with van der Waals surface area (Å²) in [5, 5.41) is 3.46. The predicted molar refractivity (Wildman–Crippen MR) is 87.3 cm³/mol. The highest BCUT2D eigenvalue weighted by molar-refractivity contribution is 5.77. The number of hydrogen-bond acceptors (Lipinski definition) is 3. The first-order chi connectivity index (χ1) is 10.8. The second-order valence-corrected chi connectivity index (χ2v) is 6.81. The number of carbonyl (C=O) groups excluding carboxylic acids is 1. The van der Waals surface area contributed by atoms with Crippen LogP contribution >= 0.6 is 0 Å². The molecule has 1 aromatic rings. The maximum absolute atomic E-state index is 12.8. The van der Waals surface area contributed by atoms with Crippen molar-refractivity contribution in [1.29, 1.82) is 0 Å². The predicted octanol–water partition coefficient (Wildman–Crippen LogP) is 2.77. The number of pyridine rings is 1. The van der Waals surface area contributed by atoms with Gasteiger partial charge < -0.3 is 10.2 Å². The summed E-state index contributed by atoms with van der Waals surface area (Å²) in [6.07, 6.45) is 9.03. The molecule has 0 saturated carbocycles. The van der Waals surface area contributed by atoms with Gasteiger partial charge in [0.2, 0.25) is 5.91 Å². The van der Waals surface area contributed by atoms with E-state index in [2.05, 4.69) is 22.1 Å². The summed E-state index contributed by atoms with van der Waals surface area (Å²) >= 11 is 0. The van der Waals surface area contributed by atoms with Gasteiger partial charge in [0.25, 0.3) is 0 Å². The molecule has 0 aliphatic carbocycles. The quantitative estimate of drug-likeness (QED) is 0.930. The van der Waals surface area contributed by atoms with E-state index in [1.807, 2.05) is 24.5 Å². The van der Waals surface area contributed by atoms with Gasteiger partial charge >= 0.3 is 0 Å². The van der Waals surface area contributed by atoms with Crippen molar-refractivity contribution in [3.63, 3.8) is 0 Å². The molecule has 3 heterocycles. The summed E-state index contributed by atoms with van der Waals surface area (Å²) in [5.41, 5.74) is 1.23. The third-order valence-electron chi connectivity index (χ3n) is 5.30. The van der Waals surface area contributed by atoms with Crippen LogP contribution in [0.25, 0.3) is 0 Å². The van der Waals surface area contributed by atoms with Crippen LogP contribution in [0.2, 0.25) is 0 Å². The van der Waals surface area contributed by atoms with Crippen LogP contribution in [-0.2, 0) is 4.79 Å². The molecule has 1 amide bonds. The fourth-order valence-electron chi connectivity index (χ4n) is 3.92. The maximum Gasteiger partial charge on any atom is 0.223 e. The fourth-order valence-corrected chi connectivity index (χ4v) is 3.92. The lowest BCUT2D eigenvalue weighted by Gasteiger charge is -2.31. The van der Waals surface area contributed by atoms with Crippen molar-refractivity contribution in [3.05, 3.63) is 30.1 Å². The van der Waals surface area contributed by atoms with Crippen LogP contribution in [-0.4, -0.2) is 35.4 Å². The summed E-state index contributed by atoms with van der Waals surface area (Å²) < 4.78 is 0. The molecule has 0 aromatic carbocycles. The molecule has 3 atom stereocenters. The van der Waals surface area contributed by atoms with Gasteiger partial charge in [-0.2, -0.15) is 0 Å². The van der Waals surface area contributed by atoms with Crippen molar-refractivity contribution >= 4 is 5.91 Å². The van der Waals surface area contributed by atoms with Gasteiger partial charge in [-0.15, -0.1) is 0 Å². The number of piperidine rings is 1. The molecule has 2 fully saturated rings. The molecule has 2 saturated heterocycles. The molecular weight excluding hydrogens is 274 g/mol. The van der Waals surface area contributed by atoms with E-state index >= 15 is 0 Å². The molecule has 22 heavy (non-hydrogen) atoms. The van der Waals surface area contributed by atoms with E-state index < -0.39 is 0 Å². The summed E-state index contributed by atoms with van der Waals surface area (Å²) in [5.74, 6) is 1.45. The Morgan fingerprint density at radius 2 is 2.18 bits per heavy atom. The molecule has 0 bridgehead atoms. The minimum atomic E-state index is 0.257. The first-order valence-electron chi connectivity index (χ1n) is 8.66. The lowest BCUT2D eigenvalue weighted by molar-refractivity contribution is -0.133. The molecule has 4 nitrogen and oxygen atoms in total. The fraction of sp³-hybridized carbons (Fsp3) is 0.667. The van der Waals surface area contributed by atoms with E-state index in [4.69, 9.17) is 0 Å². The van der Waals surface area contributed by atoms with E-state index in [1.54, 1.807) is 0 Å². The molecule has 120 valence electrons. The van der Waals surface area contributed by atoms with Crippen molar-refractivity contribution in [3.8, 4) is 0 Å². The molecule has 3 rings (SSSR count). The van der Waals surface area contributed by atoms with E-state index in [0.29, 0.717) is 24.2 Å². The standard InChI is InChI=1S/C18H27N3O/c1-14(16-4-2-8-20-13-16)12-18(22)21-11-3-5-17(21)15-6-9-19-10-7-15/h6-7,9-10,14,16-17,20H,2-5,8,11-13H2,1H3. The van der Waals surface area contributed by atoms with Crippen LogP contribution in [0.3, 0.4) is 0 Å². The van der Waals surface area contributed by atoms with E-state index in [1.165, 1.54) is 18.4 Å². The van der Waals surface area contributed by atoms with E-state index in [0.717, 1.165) is 32.5 Å². The number of nitrogens with zero attached hydrogens (tertiary/aromatic N) is 2. The first kappa shape index (κ1) is 15.5. The monoisotopic (exact) mass is 301 g/mol. The summed E-state index contributed by atoms with van der Waals surface area (Å²) in [6, 6.07) is 4.35. The lowest BCUT2D eigenvalue weighted by Crippen LogP contribution is -2.37. The van der Waals surface area contributed by atoms with Gasteiger partial charge in [-0.05, 0) is 68.3 Å². The Balaban J connectivity index is 1.61. The van der Waals surface area contributed by atoms with Crippen LogP contribution in [0.5, 0.6) is 0 Å². The second kappa shape index (κ2) is 7.23. The Bertz CT molecular complexity index is 484. The molecular formula is C18H27N3O. The molecule has 1 aromatic heterocycles. The Labute approximate surface area is 133 Å². The SMILES string of the molecule is CC(CC(=O)N1CCCC1c1ccncc1)C1CCCNC1. The minimum Gasteiger partial charge on any atom is -0.336 e. The van der Waals surface area contributed by atoms with Gasteiger partial charge in [0.1, 0.15) is 0 Å². The number of hydrogen-bond donors (Lipinski definition) is 1. The summed E-state index contributed by atoms with van der Waals surface area (Å²) in [7, 11) is 0. The number of carbonyl (C=O) groups is 1. The second-order valence-electron chi connectivity index (χ2n) is 6.81. The van der Waals surface area contributed by atoms with Crippen LogP contribution < -0.4 is 5.32 Å². The minimum absolute atomic E-state index is 0.257. The highest BCUT2D eigenvalue weighted by Crippen LogP contribution is 2.33. The van der Waals surface area contributed by atoms with Crippen LogP contribution in [0.1, 0.15) is 50.6 Å². The Morgan fingerprint density at radius 1 is 1.36 bits per heavy atom. The normalized spacial score (nSPS) is 26.9. The number of aromatic nitrogens is 1. The smallest absolute Gasteiger partial charge is 0.223 e. The lowest BCUT2D eigenvalue weighted by atomic mass is 9.85. The number of likely N-dealkylation sites (tertiary alicyclic amines) is 1. The van der Waals surface area contributed by atoms with Gasteiger partial charge in [0, 0.05) is 25.4 Å². The third kappa shape index (κ3) is 3.49. The highest BCUT2D eigenvalue weighted by atomic mass is 16.2. The van der Waals surface area contributed by atoms with E-state index in [-0.39, 0.29) is 6.04 Å². The molecule has 1 N–H and O–H groups in total. The zero-order chi connectivity index (χ0) is 15.4. The average molecular weight is 301 g/mol. The Morgan fingerprint density at radius 3 is 2.91 bits per heavy atom. The zero-order valence-electron chi connectivity index (χ0n) is 13.5. The Hall–Kier alpha value is -1.42. The largest absolute Gasteiger partial charge is 0.336 e. The number of rotatable bonds is 4. The average Bonchev–Trinajstić information content (AvgIpc) is 3.06. The molecule has 0 spiro atoms. The molecule has 2 aliphatic rings. The van der Waals surface area contributed by atoms with Crippen LogP contribution in [0.15, 0.2) is 24.5 Å². The van der Waals surface area contributed by atoms with Crippen LogP contribution in [0.4, 0.5) is 0 Å². The molecule has 4 heteroatoms. The van der Waals surface area contributed by atoms with E-state index in [9.17, 15) is 4.79 Å². The van der Waals surface area contributed by atoms with Gasteiger partial charge in [0.15, 0.2) is 0 Å². The van der Waals surface area contributed by atoms with Crippen molar-refractivity contribution in [1.82, 2.24) is 15.2 Å². The zero-order valence-corrected chi connectivity index (χ0v) is 13.5. The third-order valence-corrected chi connectivity index (χ3v) is 5.30. The topological polar surface area (TPSA) is 45.2 Å². The number of nitrogens with one attached hydrogen (secondary N) is 1. The molecule has 3 unspecified atom stereocenters. The molecule has 2 aliphatic heterocycles. The highest BCUT2D eigenvalue weighted by Gasteiger charge is 2.31. The van der Waals surface area contributed by atoms with Crippen molar-refractivity contribution < 1.29 is 4.79 Å². The summed E-state index contributed by atoms with van der Waals surface area (Å²) in [4.78, 5) is 19.0. The van der Waals surface area contributed by atoms with Gasteiger partial charge in [0.05, 0.1) is 6.04 Å². The van der Waals surface area contributed by atoms with Crippen molar-refractivity contribution in [2.45, 2.75) is 45.1 Å². The molecule has 0 radical (unpaired) electrons. The van der Waals surface area contributed by atoms with Gasteiger partial charge in [-0.1, -0.05) is 6.92 Å². The summed E-state index contributed by atoms with van der Waals surface area (Å²) in [6.45, 7) is 5.35. The Kier molecular flexibility index (Phi) is 5.08.